The number of likely N-dealkylation sites (N-methyl/N-ethyl adjacent to an activating group) is 1. The van der Waals surface area contributed by atoms with Crippen molar-refractivity contribution in [2.45, 2.75) is 12.8 Å². The monoisotopic (exact) mass is 298 g/mol. The van der Waals surface area contributed by atoms with Gasteiger partial charge in [0.25, 0.3) is 0 Å². The summed E-state index contributed by atoms with van der Waals surface area (Å²) in [6.07, 6.45) is 4.17. The van der Waals surface area contributed by atoms with Gasteiger partial charge >= 0.3 is 0 Å². The van der Waals surface area contributed by atoms with E-state index in [0.29, 0.717) is 0 Å². The van der Waals surface area contributed by atoms with Gasteiger partial charge in [0.1, 0.15) is 6.33 Å². The first-order chi connectivity index (χ1) is 10.8. The molecule has 0 N–H and O–H groups in total. The Hall–Kier alpha value is -1.88. The maximum Gasteiger partial charge on any atom is 0.224 e. The number of piperazine rings is 1. The third-order valence-corrected chi connectivity index (χ3v) is 4.60. The van der Waals surface area contributed by atoms with Gasteiger partial charge in [-0.2, -0.15) is 0 Å². The molecule has 5 nitrogen and oxygen atoms in total. The summed E-state index contributed by atoms with van der Waals surface area (Å²) in [5, 5.41) is 1.03. The van der Waals surface area contributed by atoms with Crippen molar-refractivity contribution in [2.24, 2.45) is 5.92 Å². The van der Waals surface area contributed by atoms with Crippen LogP contribution < -0.4 is 9.64 Å². The van der Waals surface area contributed by atoms with E-state index in [1.807, 2.05) is 0 Å². The molecule has 0 spiro atoms. The highest BCUT2D eigenvalue weighted by atomic mass is 16.5. The number of aromatic nitrogens is 2. The van der Waals surface area contributed by atoms with Crippen LogP contribution in [0.4, 0.5) is 5.69 Å². The zero-order valence-electron chi connectivity index (χ0n) is 13.0. The van der Waals surface area contributed by atoms with E-state index in [4.69, 9.17) is 4.74 Å². The van der Waals surface area contributed by atoms with Gasteiger partial charge in [-0.25, -0.2) is 9.97 Å². The minimum atomic E-state index is 0.728. The van der Waals surface area contributed by atoms with Crippen LogP contribution in [0.25, 0.3) is 10.9 Å². The van der Waals surface area contributed by atoms with Crippen molar-refractivity contribution in [2.75, 3.05) is 44.7 Å². The fourth-order valence-corrected chi connectivity index (χ4v) is 2.88. The third-order valence-electron chi connectivity index (χ3n) is 4.60. The molecule has 116 valence electrons. The summed E-state index contributed by atoms with van der Waals surface area (Å²) in [5.74, 6) is 1.46. The van der Waals surface area contributed by atoms with Gasteiger partial charge in [-0.3, -0.25) is 0 Å². The van der Waals surface area contributed by atoms with Gasteiger partial charge in [-0.15, -0.1) is 0 Å². The summed E-state index contributed by atoms with van der Waals surface area (Å²) < 4.78 is 5.92. The van der Waals surface area contributed by atoms with Gasteiger partial charge in [-0.1, -0.05) is 0 Å². The lowest BCUT2D eigenvalue weighted by Crippen LogP contribution is -2.44. The second-order valence-electron chi connectivity index (χ2n) is 6.42. The lowest BCUT2D eigenvalue weighted by atomic mass is 10.2. The Labute approximate surface area is 130 Å². The molecule has 0 radical (unpaired) electrons. The van der Waals surface area contributed by atoms with Crippen LogP contribution in [0, 0.1) is 5.92 Å². The number of anilines is 1. The zero-order chi connectivity index (χ0) is 14.9. The second-order valence-corrected chi connectivity index (χ2v) is 6.42. The SMILES string of the molecule is CN1CCN(c2ccc3ncnc(OCC4CC4)c3c2)CC1. The van der Waals surface area contributed by atoms with Crippen molar-refractivity contribution in [3.05, 3.63) is 24.5 Å². The van der Waals surface area contributed by atoms with Crippen LogP contribution in [0.2, 0.25) is 0 Å². The molecule has 2 aliphatic rings. The smallest absolute Gasteiger partial charge is 0.224 e. The van der Waals surface area contributed by atoms with Crippen LogP contribution >= 0.6 is 0 Å². The van der Waals surface area contributed by atoms with E-state index in [-0.39, 0.29) is 0 Å². The van der Waals surface area contributed by atoms with Crippen molar-refractivity contribution in [3.63, 3.8) is 0 Å². The lowest BCUT2D eigenvalue weighted by Gasteiger charge is -2.34. The minimum Gasteiger partial charge on any atom is -0.477 e. The standard InChI is InChI=1S/C17H22N4O/c1-20-6-8-21(9-7-20)14-4-5-16-15(10-14)17(19-12-18-16)22-11-13-2-3-13/h4-5,10,12-13H,2-3,6-9,11H2,1H3. The Morgan fingerprint density at radius 1 is 1.14 bits per heavy atom. The van der Waals surface area contributed by atoms with Crippen molar-refractivity contribution in [1.29, 1.82) is 0 Å². The van der Waals surface area contributed by atoms with E-state index in [1.54, 1.807) is 6.33 Å². The summed E-state index contributed by atoms with van der Waals surface area (Å²) in [7, 11) is 2.18. The normalized spacial score (nSPS) is 19.6. The van der Waals surface area contributed by atoms with E-state index < -0.39 is 0 Å². The van der Waals surface area contributed by atoms with Crippen LogP contribution in [0.1, 0.15) is 12.8 Å². The van der Waals surface area contributed by atoms with Crippen molar-refractivity contribution in [3.8, 4) is 5.88 Å². The summed E-state index contributed by atoms with van der Waals surface area (Å²) in [4.78, 5) is 13.5. The fraction of sp³-hybridized carbons (Fsp3) is 0.529. The van der Waals surface area contributed by atoms with Crippen molar-refractivity contribution < 1.29 is 4.74 Å². The van der Waals surface area contributed by atoms with Gasteiger partial charge < -0.3 is 14.5 Å². The fourth-order valence-electron chi connectivity index (χ4n) is 2.88. The van der Waals surface area contributed by atoms with Crippen LogP contribution in [-0.4, -0.2) is 54.7 Å². The van der Waals surface area contributed by atoms with Gasteiger partial charge in [0.2, 0.25) is 5.88 Å². The van der Waals surface area contributed by atoms with E-state index >= 15 is 0 Å². The molecule has 1 saturated carbocycles. The molecule has 0 amide bonds. The van der Waals surface area contributed by atoms with Crippen molar-refractivity contribution in [1.82, 2.24) is 14.9 Å². The number of benzene rings is 1. The van der Waals surface area contributed by atoms with Crippen LogP contribution in [0.15, 0.2) is 24.5 Å². The Balaban J connectivity index is 1.61. The van der Waals surface area contributed by atoms with Gasteiger partial charge in [0.05, 0.1) is 17.5 Å². The van der Waals surface area contributed by atoms with Gasteiger partial charge in [0, 0.05) is 31.9 Å². The molecule has 2 aromatic rings. The first kappa shape index (κ1) is 13.8. The summed E-state index contributed by atoms with van der Waals surface area (Å²) in [5.41, 5.74) is 2.20. The molecule has 1 saturated heterocycles. The Morgan fingerprint density at radius 3 is 2.73 bits per heavy atom. The number of hydrogen-bond donors (Lipinski definition) is 0. The molecular weight excluding hydrogens is 276 g/mol. The first-order valence-electron chi connectivity index (χ1n) is 8.10. The van der Waals surface area contributed by atoms with Crippen molar-refractivity contribution >= 4 is 16.6 Å². The molecule has 1 aromatic carbocycles. The molecule has 1 aliphatic heterocycles. The predicted molar refractivity (Wildman–Crippen MR) is 87.5 cm³/mol. The average molecular weight is 298 g/mol. The largest absolute Gasteiger partial charge is 0.477 e. The van der Waals surface area contributed by atoms with Crippen LogP contribution in [0.3, 0.4) is 0 Å². The molecule has 2 fully saturated rings. The average Bonchev–Trinajstić information content (AvgIpc) is 3.37. The highest BCUT2D eigenvalue weighted by Crippen LogP contribution is 2.31. The number of rotatable bonds is 4. The maximum atomic E-state index is 5.92. The van der Waals surface area contributed by atoms with E-state index in [1.165, 1.54) is 18.5 Å². The molecular formula is C17H22N4O. The van der Waals surface area contributed by atoms with Crippen LogP contribution in [-0.2, 0) is 0 Å². The number of ether oxygens (including phenoxy) is 1. The minimum absolute atomic E-state index is 0.728. The third kappa shape index (κ3) is 2.86. The highest BCUT2D eigenvalue weighted by Gasteiger charge is 2.23. The summed E-state index contributed by atoms with van der Waals surface area (Å²) in [6.45, 7) is 5.12. The Kier molecular flexibility index (Phi) is 3.58. The van der Waals surface area contributed by atoms with E-state index in [2.05, 4.69) is 45.0 Å². The molecule has 22 heavy (non-hydrogen) atoms. The molecule has 1 aliphatic carbocycles. The van der Waals surface area contributed by atoms with E-state index in [0.717, 1.165) is 55.5 Å². The lowest BCUT2D eigenvalue weighted by molar-refractivity contribution is 0.292. The number of nitrogens with zero attached hydrogens (tertiary/aromatic N) is 4. The quantitative estimate of drug-likeness (QED) is 0.865. The maximum absolute atomic E-state index is 5.92. The Bertz CT molecular complexity index is 663. The van der Waals surface area contributed by atoms with Gasteiger partial charge in [-0.05, 0) is 44.0 Å². The van der Waals surface area contributed by atoms with Crippen LogP contribution in [0.5, 0.6) is 5.88 Å². The molecule has 2 heterocycles. The second kappa shape index (κ2) is 5.72. The van der Waals surface area contributed by atoms with Gasteiger partial charge in [0.15, 0.2) is 0 Å². The molecule has 4 rings (SSSR count). The first-order valence-corrected chi connectivity index (χ1v) is 8.10. The topological polar surface area (TPSA) is 41.5 Å². The molecule has 0 bridgehead atoms. The zero-order valence-corrected chi connectivity index (χ0v) is 13.0. The molecule has 0 atom stereocenters. The molecule has 5 heteroatoms. The Morgan fingerprint density at radius 2 is 1.95 bits per heavy atom. The number of hydrogen-bond acceptors (Lipinski definition) is 5. The summed E-state index contributed by atoms with van der Waals surface area (Å²) in [6, 6.07) is 6.42. The molecule has 0 unspecified atom stereocenters. The molecule has 1 aromatic heterocycles. The number of fused-ring (bicyclic) bond motifs is 1. The van der Waals surface area contributed by atoms with E-state index in [9.17, 15) is 0 Å². The summed E-state index contributed by atoms with van der Waals surface area (Å²) >= 11 is 0. The highest BCUT2D eigenvalue weighted by molar-refractivity contribution is 5.86. The predicted octanol–water partition coefficient (Wildman–Crippen LogP) is 2.17.